The molecule has 0 amide bonds. The monoisotopic (exact) mass is 329 g/mol. The summed E-state index contributed by atoms with van der Waals surface area (Å²) < 4.78 is 12.2. The van der Waals surface area contributed by atoms with Gasteiger partial charge in [-0.2, -0.15) is 0 Å². The molecule has 1 unspecified atom stereocenters. The van der Waals surface area contributed by atoms with Crippen molar-refractivity contribution in [3.63, 3.8) is 0 Å². The van der Waals surface area contributed by atoms with Crippen LogP contribution in [0.15, 0.2) is 16.6 Å². The molecule has 1 aromatic carbocycles. The molecule has 108 valence electrons. The van der Waals surface area contributed by atoms with Gasteiger partial charge in [0.25, 0.3) is 0 Å². The van der Waals surface area contributed by atoms with Crippen molar-refractivity contribution < 1.29 is 9.47 Å². The van der Waals surface area contributed by atoms with Gasteiger partial charge in [0.1, 0.15) is 0 Å². The highest BCUT2D eigenvalue weighted by molar-refractivity contribution is 9.10. The van der Waals surface area contributed by atoms with Crippen LogP contribution in [0.2, 0.25) is 0 Å². The minimum absolute atomic E-state index is 0.129. The Hall–Kier alpha value is -0.740. The van der Waals surface area contributed by atoms with E-state index in [0.717, 1.165) is 34.4 Å². The Balaban J connectivity index is 2.85. The lowest BCUT2D eigenvalue weighted by atomic mass is 10.1. The van der Waals surface area contributed by atoms with E-state index in [2.05, 4.69) is 35.8 Å². The number of methoxy groups -OCH3 is 1. The van der Waals surface area contributed by atoms with Crippen LogP contribution < -0.4 is 15.2 Å². The fourth-order valence-corrected chi connectivity index (χ4v) is 2.40. The number of halogens is 1. The van der Waals surface area contributed by atoms with Gasteiger partial charge in [-0.1, -0.05) is 13.8 Å². The summed E-state index contributed by atoms with van der Waals surface area (Å²) in [5.74, 6) is 2.16. The number of rotatable bonds is 7. The smallest absolute Gasteiger partial charge is 0.175 e. The van der Waals surface area contributed by atoms with Gasteiger partial charge in [0.15, 0.2) is 11.5 Å². The summed E-state index contributed by atoms with van der Waals surface area (Å²) in [6, 6.07) is 4.18. The zero-order valence-electron chi connectivity index (χ0n) is 12.2. The molecule has 0 fully saturated rings. The third-order valence-electron chi connectivity index (χ3n) is 2.79. The number of ether oxygens (including phenoxy) is 2. The van der Waals surface area contributed by atoms with Crippen LogP contribution >= 0.6 is 15.9 Å². The number of nitrogens with two attached hydrogens (primary N) is 1. The van der Waals surface area contributed by atoms with Crippen LogP contribution in [0.5, 0.6) is 11.5 Å². The quantitative estimate of drug-likeness (QED) is 0.828. The predicted octanol–water partition coefficient (Wildman–Crippen LogP) is 3.77. The van der Waals surface area contributed by atoms with Crippen molar-refractivity contribution >= 4 is 15.9 Å². The topological polar surface area (TPSA) is 44.5 Å². The third-order valence-corrected chi connectivity index (χ3v) is 3.38. The lowest BCUT2D eigenvalue weighted by Gasteiger charge is -2.15. The van der Waals surface area contributed by atoms with Crippen molar-refractivity contribution in [3.8, 4) is 11.5 Å². The van der Waals surface area contributed by atoms with Gasteiger partial charge in [0, 0.05) is 6.04 Å². The molecule has 0 saturated carbocycles. The maximum Gasteiger partial charge on any atom is 0.175 e. The van der Waals surface area contributed by atoms with Gasteiger partial charge >= 0.3 is 0 Å². The first-order chi connectivity index (χ1) is 8.93. The summed E-state index contributed by atoms with van der Waals surface area (Å²) in [5, 5.41) is 0. The predicted molar refractivity (Wildman–Crippen MR) is 83.0 cm³/mol. The molecule has 1 atom stereocenters. The molecule has 0 aliphatic heterocycles. The van der Waals surface area contributed by atoms with E-state index in [0.29, 0.717) is 12.5 Å². The van der Waals surface area contributed by atoms with Gasteiger partial charge in [-0.3, -0.25) is 0 Å². The van der Waals surface area contributed by atoms with E-state index in [-0.39, 0.29) is 6.04 Å². The summed E-state index contributed by atoms with van der Waals surface area (Å²) in [6.07, 6.45) is 1.85. The van der Waals surface area contributed by atoms with E-state index < -0.39 is 0 Å². The Kier molecular flexibility index (Phi) is 6.66. The number of hydrogen-bond donors (Lipinski definition) is 1. The molecule has 1 aromatic rings. The van der Waals surface area contributed by atoms with E-state index >= 15 is 0 Å². The Morgan fingerprint density at radius 1 is 1.26 bits per heavy atom. The van der Waals surface area contributed by atoms with Gasteiger partial charge in [0.05, 0.1) is 18.2 Å². The lowest BCUT2D eigenvalue weighted by molar-refractivity contribution is 0.271. The first-order valence-electron chi connectivity index (χ1n) is 6.68. The molecule has 19 heavy (non-hydrogen) atoms. The Labute approximate surface area is 124 Å². The highest BCUT2D eigenvalue weighted by Gasteiger charge is 2.12. The van der Waals surface area contributed by atoms with E-state index in [4.69, 9.17) is 15.2 Å². The lowest BCUT2D eigenvalue weighted by Crippen LogP contribution is -2.17. The fourth-order valence-electron chi connectivity index (χ4n) is 1.80. The van der Waals surface area contributed by atoms with E-state index in [1.807, 2.05) is 13.0 Å². The van der Waals surface area contributed by atoms with Crippen LogP contribution in [0.4, 0.5) is 0 Å². The van der Waals surface area contributed by atoms with Crippen LogP contribution in [0.25, 0.3) is 0 Å². The SMILES string of the molecule is COc1cc(CC(C)N)cc(Br)c1OCCC(C)C. The molecule has 3 nitrogen and oxygen atoms in total. The minimum Gasteiger partial charge on any atom is -0.493 e. The van der Waals surface area contributed by atoms with Crippen molar-refractivity contribution in [2.24, 2.45) is 11.7 Å². The maximum absolute atomic E-state index is 5.83. The molecule has 1 rings (SSSR count). The molecule has 0 bridgehead atoms. The molecule has 0 heterocycles. The summed E-state index contributed by atoms with van der Waals surface area (Å²) in [5.41, 5.74) is 6.98. The summed E-state index contributed by atoms with van der Waals surface area (Å²) in [4.78, 5) is 0. The first-order valence-corrected chi connectivity index (χ1v) is 7.48. The minimum atomic E-state index is 0.129. The molecule has 0 aromatic heterocycles. The molecule has 2 N–H and O–H groups in total. The standard InChI is InChI=1S/C15H24BrNO2/c1-10(2)5-6-19-15-13(16)8-12(7-11(3)17)9-14(15)18-4/h8-11H,5-7,17H2,1-4H3. The van der Waals surface area contributed by atoms with Crippen molar-refractivity contribution in [1.82, 2.24) is 0 Å². The van der Waals surface area contributed by atoms with E-state index in [1.165, 1.54) is 0 Å². The number of hydrogen-bond acceptors (Lipinski definition) is 3. The highest BCUT2D eigenvalue weighted by atomic mass is 79.9. The van der Waals surface area contributed by atoms with Crippen molar-refractivity contribution in [2.45, 2.75) is 39.7 Å². The second kappa shape index (κ2) is 7.75. The Bertz CT molecular complexity index is 405. The molecule has 0 aliphatic carbocycles. The largest absolute Gasteiger partial charge is 0.493 e. The van der Waals surface area contributed by atoms with Crippen LogP contribution in [-0.2, 0) is 6.42 Å². The summed E-state index contributed by atoms with van der Waals surface area (Å²) >= 11 is 3.55. The normalized spacial score (nSPS) is 12.6. The summed E-state index contributed by atoms with van der Waals surface area (Å²) in [6.45, 7) is 7.05. The molecule has 0 aliphatic rings. The van der Waals surface area contributed by atoms with Gasteiger partial charge in [-0.05, 0) is 59.3 Å². The third kappa shape index (κ3) is 5.41. The second-order valence-electron chi connectivity index (χ2n) is 5.32. The average molecular weight is 330 g/mol. The zero-order chi connectivity index (χ0) is 14.4. The number of benzene rings is 1. The Morgan fingerprint density at radius 2 is 1.95 bits per heavy atom. The molecule has 0 spiro atoms. The van der Waals surface area contributed by atoms with Crippen molar-refractivity contribution in [1.29, 1.82) is 0 Å². The molecular weight excluding hydrogens is 306 g/mol. The second-order valence-corrected chi connectivity index (χ2v) is 6.18. The van der Waals surface area contributed by atoms with Crippen LogP contribution in [0.1, 0.15) is 32.8 Å². The van der Waals surface area contributed by atoms with E-state index in [1.54, 1.807) is 7.11 Å². The first kappa shape index (κ1) is 16.3. The zero-order valence-corrected chi connectivity index (χ0v) is 13.8. The van der Waals surface area contributed by atoms with Crippen LogP contribution in [-0.4, -0.2) is 19.8 Å². The summed E-state index contributed by atoms with van der Waals surface area (Å²) in [7, 11) is 1.66. The average Bonchev–Trinajstić information content (AvgIpc) is 2.30. The molecule has 4 heteroatoms. The Morgan fingerprint density at radius 3 is 2.47 bits per heavy atom. The molecule has 0 radical (unpaired) electrons. The highest BCUT2D eigenvalue weighted by Crippen LogP contribution is 2.37. The van der Waals surface area contributed by atoms with Crippen molar-refractivity contribution in [2.75, 3.05) is 13.7 Å². The van der Waals surface area contributed by atoms with Gasteiger partial charge < -0.3 is 15.2 Å². The van der Waals surface area contributed by atoms with Crippen LogP contribution in [0.3, 0.4) is 0 Å². The van der Waals surface area contributed by atoms with Gasteiger partial charge in [-0.15, -0.1) is 0 Å². The van der Waals surface area contributed by atoms with Gasteiger partial charge in [0.2, 0.25) is 0 Å². The van der Waals surface area contributed by atoms with Crippen molar-refractivity contribution in [3.05, 3.63) is 22.2 Å². The maximum atomic E-state index is 5.83. The molecule has 0 saturated heterocycles. The molecular formula is C15H24BrNO2. The fraction of sp³-hybridized carbons (Fsp3) is 0.600. The van der Waals surface area contributed by atoms with Crippen LogP contribution in [0, 0.1) is 5.92 Å². The van der Waals surface area contributed by atoms with Gasteiger partial charge in [-0.25, -0.2) is 0 Å². The van der Waals surface area contributed by atoms with E-state index in [9.17, 15) is 0 Å².